The molecular formula is C18H22F3N3O3. The second kappa shape index (κ2) is 6.94. The number of benzene rings is 1. The summed E-state index contributed by atoms with van der Waals surface area (Å²) >= 11 is 0. The molecule has 2 unspecified atom stereocenters. The number of carboxylic acid groups (broad SMARTS) is 1. The number of likely N-dealkylation sites (tertiary alicyclic amines) is 1. The van der Waals surface area contributed by atoms with E-state index in [1.807, 2.05) is 0 Å². The molecule has 0 saturated carbocycles. The summed E-state index contributed by atoms with van der Waals surface area (Å²) in [4.78, 5) is 26.8. The molecule has 2 fully saturated rings. The zero-order valence-electron chi connectivity index (χ0n) is 14.9. The third kappa shape index (κ3) is 3.96. The number of carbonyl (C=O) groups excluding carboxylic acids is 1. The first-order chi connectivity index (χ1) is 12.6. The quantitative estimate of drug-likeness (QED) is 0.839. The van der Waals surface area contributed by atoms with Gasteiger partial charge in [0.15, 0.2) is 0 Å². The van der Waals surface area contributed by atoms with Crippen LogP contribution in [0.15, 0.2) is 24.3 Å². The van der Waals surface area contributed by atoms with Crippen molar-refractivity contribution in [3.8, 4) is 0 Å². The Bertz CT molecular complexity index is 740. The number of nitrogens with zero attached hydrogens (tertiary/aromatic N) is 2. The maximum absolute atomic E-state index is 13.2. The summed E-state index contributed by atoms with van der Waals surface area (Å²) in [6.45, 7) is 2.77. The lowest BCUT2D eigenvalue weighted by Gasteiger charge is -2.24. The number of carbonyl (C=O) groups is 2. The molecule has 0 aromatic heterocycles. The minimum absolute atomic E-state index is 0.112. The number of hydrogen-bond donors (Lipinski definition) is 2. The van der Waals surface area contributed by atoms with E-state index in [4.69, 9.17) is 0 Å². The van der Waals surface area contributed by atoms with Crippen LogP contribution in [0.25, 0.3) is 0 Å². The van der Waals surface area contributed by atoms with Gasteiger partial charge in [-0.15, -0.1) is 0 Å². The standard InChI is InChI=1S/C18H22F3N3O3/c1-17(15(25)26)7-9-24(11-17)16(27)22-12-6-8-23(10-12)14-5-3-2-4-13(14)18(19,20)21/h2-5,12H,6-11H2,1H3,(H,22,27)(H,25,26). The van der Waals surface area contributed by atoms with E-state index < -0.39 is 23.1 Å². The predicted octanol–water partition coefficient (Wildman–Crippen LogP) is 2.79. The highest BCUT2D eigenvalue weighted by Gasteiger charge is 2.43. The molecular weight excluding hydrogens is 363 g/mol. The van der Waals surface area contributed by atoms with Gasteiger partial charge in [0.2, 0.25) is 0 Å². The molecule has 2 aliphatic rings. The van der Waals surface area contributed by atoms with Crippen molar-refractivity contribution >= 4 is 17.7 Å². The Kier molecular flexibility index (Phi) is 4.96. The van der Waals surface area contributed by atoms with Gasteiger partial charge in [-0.1, -0.05) is 12.1 Å². The number of hydrogen-bond acceptors (Lipinski definition) is 3. The van der Waals surface area contributed by atoms with Crippen LogP contribution in [0.5, 0.6) is 0 Å². The Balaban J connectivity index is 1.61. The van der Waals surface area contributed by atoms with Crippen molar-refractivity contribution in [3.63, 3.8) is 0 Å². The van der Waals surface area contributed by atoms with Crippen LogP contribution in [0.1, 0.15) is 25.3 Å². The molecule has 2 saturated heterocycles. The van der Waals surface area contributed by atoms with E-state index in [-0.39, 0.29) is 30.8 Å². The smallest absolute Gasteiger partial charge is 0.418 e. The van der Waals surface area contributed by atoms with Gasteiger partial charge in [-0.25, -0.2) is 4.79 Å². The summed E-state index contributed by atoms with van der Waals surface area (Å²) < 4.78 is 39.6. The van der Waals surface area contributed by atoms with E-state index in [2.05, 4.69) is 5.32 Å². The van der Waals surface area contributed by atoms with E-state index in [0.717, 1.165) is 6.07 Å². The van der Waals surface area contributed by atoms with Crippen LogP contribution < -0.4 is 10.2 Å². The molecule has 2 atom stereocenters. The average molecular weight is 385 g/mol. The number of para-hydroxylation sites is 1. The third-order valence-electron chi connectivity index (χ3n) is 5.34. The van der Waals surface area contributed by atoms with Gasteiger partial charge in [0.25, 0.3) is 0 Å². The van der Waals surface area contributed by atoms with E-state index in [9.17, 15) is 27.9 Å². The maximum Gasteiger partial charge on any atom is 0.418 e. The summed E-state index contributed by atoms with van der Waals surface area (Å²) in [6.07, 6.45) is -3.53. The van der Waals surface area contributed by atoms with Crippen molar-refractivity contribution in [2.45, 2.75) is 32.0 Å². The fraction of sp³-hybridized carbons (Fsp3) is 0.556. The second-order valence-corrected chi connectivity index (χ2v) is 7.43. The zero-order chi connectivity index (χ0) is 19.8. The Morgan fingerprint density at radius 2 is 1.96 bits per heavy atom. The number of anilines is 1. The Hall–Kier alpha value is -2.45. The number of urea groups is 1. The minimum Gasteiger partial charge on any atom is -0.481 e. The average Bonchev–Trinajstić information content (AvgIpc) is 3.22. The van der Waals surface area contributed by atoms with Crippen molar-refractivity contribution in [2.75, 3.05) is 31.1 Å². The van der Waals surface area contributed by atoms with Gasteiger partial charge in [0, 0.05) is 37.9 Å². The van der Waals surface area contributed by atoms with Gasteiger partial charge in [-0.05, 0) is 31.9 Å². The lowest BCUT2D eigenvalue weighted by molar-refractivity contribution is -0.147. The minimum atomic E-state index is -4.44. The number of carboxylic acids is 1. The highest BCUT2D eigenvalue weighted by Crippen LogP contribution is 2.37. The summed E-state index contributed by atoms with van der Waals surface area (Å²) in [5.41, 5.74) is -1.53. The molecule has 2 heterocycles. The number of alkyl halides is 3. The van der Waals surface area contributed by atoms with Crippen LogP contribution in [0, 0.1) is 5.41 Å². The summed E-state index contributed by atoms with van der Waals surface area (Å²) in [5, 5.41) is 12.1. The van der Waals surface area contributed by atoms with E-state index in [1.165, 1.54) is 17.0 Å². The highest BCUT2D eigenvalue weighted by molar-refractivity contribution is 5.79. The number of aliphatic carboxylic acids is 1. The SMILES string of the molecule is CC1(C(=O)O)CCN(C(=O)NC2CCN(c3ccccc3C(F)(F)F)C2)C1. The fourth-order valence-corrected chi connectivity index (χ4v) is 3.66. The van der Waals surface area contributed by atoms with Crippen LogP contribution in [-0.4, -0.2) is 54.2 Å². The lowest BCUT2D eigenvalue weighted by atomic mass is 9.90. The van der Waals surface area contributed by atoms with E-state index in [1.54, 1.807) is 17.9 Å². The first kappa shape index (κ1) is 19.3. The van der Waals surface area contributed by atoms with Gasteiger partial charge in [0.1, 0.15) is 0 Å². The van der Waals surface area contributed by atoms with E-state index in [0.29, 0.717) is 25.9 Å². The number of rotatable bonds is 3. The number of nitrogens with one attached hydrogen (secondary N) is 1. The Labute approximate surface area is 154 Å². The topological polar surface area (TPSA) is 72.9 Å². The molecule has 3 rings (SSSR count). The summed E-state index contributed by atoms with van der Waals surface area (Å²) in [6, 6.07) is 4.76. The highest BCUT2D eigenvalue weighted by atomic mass is 19.4. The van der Waals surface area contributed by atoms with E-state index >= 15 is 0 Å². The van der Waals surface area contributed by atoms with Gasteiger partial charge in [-0.3, -0.25) is 4.79 Å². The monoisotopic (exact) mass is 385 g/mol. The van der Waals surface area contributed by atoms with Crippen molar-refractivity contribution in [2.24, 2.45) is 5.41 Å². The second-order valence-electron chi connectivity index (χ2n) is 7.43. The fourth-order valence-electron chi connectivity index (χ4n) is 3.66. The zero-order valence-corrected chi connectivity index (χ0v) is 14.9. The Morgan fingerprint density at radius 1 is 1.26 bits per heavy atom. The normalized spacial score (nSPS) is 25.7. The molecule has 1 aromatic rings. The van der Waals surface area contributed by atoms with Crippen LogP contribution in [0.4, 0.5) is 23.7 Å². The summed E-state index contributed by atoms with van der Waals surface area (Å²) in [5.74, 6) is -0.936. The third-order valence-corrected chi connectivity index (χ3v) is 5.34. The van der Waals surface area contributed by atoms with Gasteiger partial charge >= 0.3 is 18.2 Å². The lowest BCUT2D eigenvalue weighted by Crippen LogP contribution is -2.46. The van der Waals surface area contributed by atoms with Gasteiger partial charge in [0.05, 0.1) is 11.0 Å². The number of amides is 2. The largest absolute Gasteiger partial charge is 0.481 e. The van der Waals surface area contributed by atoms with Crippen LogP contribution in [-0.2, 0) is 11.0 Å². The Morgan fingerprint density at radius 3 is 2.59 bits per heavy atom. The molecule has 9 heteroatoms. The van der Waals surface area contributed by atoms with Crippen LogP contribution in [0.3, 0.4) is 0 Å². The molecule has 0 spiro atoms. The molecule has 6 nitrogen and oxygen atoms in total. The molecule has 2 N–H and O–H groups in total. The van der Waals surface area contributed by atoms with Crippen LogP contribution >= 0.6 is 0 Å². The molecule has 2 amide bonds. The van der Waals surface area contributed by atoms with Crippen molar-refractivity contribution in [1.82, 2.24) is 10.2 Å². The first-order valence-corrected chi connectivity index (χ1v) is 8.80. The first-order valence-electron chi connectivity index (χ1n) is 8.80. The predicted molar refractivity (Wildman–Crippen MR) is 92.5 cm³/mol. The molecule has 0 bridgehead atoms. The molecule has 27 heavy (non-hydrogen) atoms. The van der Waals surface area contributed by atoms with Gasteiger partial charge in [-0.2, -0.15) is 13.2 Å². The molecule has 2 aliphatic heterocycles. The van der Waals surface area contributed by atoms with Crippen molar-refractivity contribution < 1.29 is 27.9 Å². The van der Waals surface area contributed by atoms with Gasteiger partial charge < -0.3 is 20.2 Å². The molecule has 0 aliphatic carbocycles. The van der Waals surface area contributed by atoms with Crippen molar-refractivity contribution in [3.05, 3.63) is 29.8 Å². The molecule has 0 radical (unpaired) electrons. The maximum atomic E-state index is 13.2. The molecule has 148 valence electrons. The van der Waals surface area contributed by atoms with Crippen LogP contribution in [0.2, 0.25) is 0 Å². The summed E-state index contributed by atoms with van der Waals surface area (Å²) in [7, 11) is 0. The van der Waals surface area contributed by atoms with Crippen molar-refractivity contribution in [1.29, 1.82) is 0 Å². The molecule has 1 aromatic carbocycles. The number of halogens is 3.